The van der Waals surface area contributed by atoms with Crippen LogP contribution >= 0.6 is 0 Å². The monoisotopic (exact) mass is 604 g/mol. The third-order valence-corrected chi connectivity index (χ3v) is 14.8. The molecule has 43 heavy (non-hydrogen) atoms. The number of fused-ring (bicyclic) bond motifs is 7. The van der Waals surface area contributed by atoms with Crippen LogP contribution in [0.25, 0.3) is 0 Å². The van der Waals surface area contributed by atoms with E-state index in [1.807, 2.05) is 0 Å². The summed E-state index contributed by atoms with van der Waals surface area (Å²) in [5, 5.41) is 53.2. The van der Waals surface area contributed by atoms with Crippen molar-refractivity contribution in [2.75, 3.05) is 6.61 Å². The van der Waals surface area contributed by atoms with E-state index in [-0.39, 0.29) is 45.7 Å². The third-order valence-electron chi connectivity index (χ3n) is 14.8. The van der Waals surface area contributed by atoms with Crippen LogP contribution in [0.3, 0.4) is 0 Å². The van der Waals surface area contributed by atoms with E-state index in [0.717, 1.165) is 44.9 Å². The second-order valence-electron chi connectivity index (χ2n) is 17.5. The predicted octanol–water partition coefficient (Wildman–Crippen LogP) is 4.67. The molecule has 0 amide bonds. The summed E-state index contributed by atoms with van der Waals surface area (Å²) in [5.41, 5.74) is -0.331. The Morgan fingerprint density at radius 3 is 2.26 bits per heavy atom. The molecule has 13 atom stereocenters. The first-order chi connectivity index (χ1) is 19.8. The van der Waals surface area contributed by atoms with Gasteiger partial charge in [-0.3, -0.25) is 4.79 Å². The van der Waals surface area contributed by atoms with E-state index in [4.69, 9.17) is 9.47 Å². The number of carbonyl (C=O) groups is 1. The minimum Gasteiger partial charge on any atom is -0.481 e. The number of aliphatic hydroxyl groups is 4. The lowest BCUT2D eigenvalue weighted by Crippen LogP contribution is -2.67. The molecular weight excluding hydrogens is 548 g/mol. The highest BCUT2D eigenvalue weighted by atomic mass is 16.7. The maximum atomic E-state index is 13.0. The fourth-order valence-corrected chi connectivity index (χ4v) is 12.0. The quantitative estimate of drug-likeness (QED) is 0.232. The van der Waals surface area contributed by atoms with E-state index in [2.05, 4.69) is 54.5 Å². The third kappa shape index (κ3) is 4.25. The number of carboxylic acid groups (broad SMARTS) is 1. The summed E-state index contributed by atoms with van der Waals surface area (Å²) >= 11 is 0. The zero-order chi connectivity index (χ0) is 31.5. The predicted molar refractivity (Wildman–Crippen MR) is 161 cm³/mol. The number of ether oxygens (including phenoxy) is 2. The lowest BCUT2D eigenvalue weighted by atomic mass is 9.33. The van der Waals surface area contributed by atoms with Crippen LogP contribution in [0.15, 0.2) is 11.6 Å². The van der Waals surface area contributed by atoms with Crippen molar-refractivity contribution in [2.45, 2.75) is 143 Å². The van der Waals surface area contributed by atoms with Gasteiger partial charge in [-0.15, -0.1) is 0 Å². The lowest BCUT2D eigenvalue weighted by molar-refractivity contribution is -0.308. The summed E-state index contributed by atoms with van der Waals surface area (Å²) in [7, 11) is 0. The van der Waals surface area contributed by atoms with Gasteiger partial charge in [0.2, 0.25) is 0 Å². The molecule has 0 unspecified atom stereocenters. The molecule has 0 aromatic carbocycles. The Morgan fingerprint density at radius 2 is 1.58 bits per heavy atom. The zero-order valence-electron chi connectivity index (χ0n) is 27.3. The van der Waals surface area contributed by atoms with Gasteiger partial charge < -0.3 is 35.0 Å². The first kappa shape index (κ1) is 31.9. The van der Waals surface area contributed by atoms with E-state index in [9.17, 15) is 30.3 Å². The highest BCUT2D eigenvalue weighted by molar-refractivity contribution is 5.77. The van der Waals surface area contributed by atoms with Gasteiger partial charge in [0.05, 0.1) is 18.8 Å². The van der Waals surface area contributed by atoms with Crippen molar-refractivity contribution in [3.8, 4) is 0 Å². The van der Waals surface area contributed by atoms with E-state index < -0.39 is 42.1 Å². The maximum absolute atomic E-state index is 13.0. The molecular formula is C35H56O8. The normalized spacial score (nSPS) is 53.8. The second kappa shape index (κ2) is 9.98. The molecule has 0 bridgehead atoms. The Balaban J connectivity index is 1.32. The van der Waals surface area contributed by atoms with Gasteiger partial charge in [0.25, 0.3) is 0 Å². The Bertz CT molecular complexity index is 1160. The molecule has 4 saturated carbocycles. The molecule has 0 spiro atoms. The maximum Gasteiger partial charge on any atom is 0.312 e. The van der Waals surface area contributed by atoms with Crippen LogP contribution in [-0.2, 0) is 14.3 Å². The first-order valence-electron chi connectivity index (χ1n) is 16.8. The van der Waals surface area contributed by atoms with Gasteiger partial charge in [0.15, 0.2) is 6.29 Å². The SMILES string of the molecule is CC1(C)CC[C@]2(C(=O)O)[C@@H](O)C[C@]3(C)C(=CC[C@H]4[C@@]5(C)CC[C@H](O[C@@H]6OC[C@@H](O)[C@@H](O)[C@@H]6O)C(C)(C)[C@H]5CC[C@]43C)[C@@H]2C1. The Morgan fingerprint density at radius 1 is 0.884 bits per heavy atom. The summed E-state index contributed by atoms with van der Waals surface area (Å²) in [6, 6.07) is 0. The van der Waals surface area contributed by atoms with Crippen LogP contribution < -0.4 is 0 Å². The molecule has 5 N–H and O–H groups in total. The number of aliphatic carboxylic acids is 1. The highest BCUT2D eigenvalue weighted by Gasteiger charge is 2.71. The van der Waals surface area contributed by atoms with Crippen LogP contribution in [0.2, 0.25) is 0 Å². The van der Waals surface area contributed by atoms with Gasteiger partial charge in [-0.1, -0.05) is 60.1 Å². The van der Waals surface area contributed by atoms with E-state index >= 15 is 0 Å². The van der Waals surface area contributed by atoms with Crippen molar-refractivity contribution in [2.24, 2.45) is 50.2 Å². The first-order valence-corrected chi connectivity index (χ1v) is 16.8. The standard InChI is InChI=1S/C35H56O8/c1-30(2)14-15-35(29(40)41)20(16-30)19-8-9-23-32(5)12-11-25(43-28-27(39)26(38)21(36)18-42-28)31(3,4)22(32)10-13-33(23,6)34(19,7)17-24(35)37/h8,20-28,36-39H,9-18H2,1-7H3,(H,40,41)/t20-,21+,22+,23-,24-,25-,26+,27-,28-,32-,33+,34+,35+/m0/s1. The van der Waals surface area contributed by atoms with Crippen LogP contribution in [0, 0.1) is 50.2 Å². The number of rotatable bonds is 3. The molecule has 5 fully saturated rings. The summed E-state index contributed by atoms with van der Waals surface area (Å²) in [5.74, 6) is -0.253. The smallest absolute Gasteiger partial charge is 0.312 e. The van der Waals surface area contributed by atoms with Crippen molar-refractivity contribution >= 4 is 5.97 Å². The Kier molecular flexibility index (Phi) is 7.41. The van der Waals surface area contributed by atoms with E-state index in [0.29, 0.717) is 24.7 Å². The fourth-order valence-electron chi connectivity index (χ4n) is 12.0. The van der Waals surface area contributed by atoms with Gasteiger partial charge in [-0.05, 0) is 103 Å². The van der Waals surface area contributed by atoms with Crippen LogP contribution in [0.1, 0.15) is 106 Å². The summed E-state index contributed by atoms with van der Waals surface area (Å²) in [4.78, 5) is 13.0. The van der Waals surface area contributed by atoms with Crippen LogP contribution in [0.4, 0.5) is 0 Å². The molecule has 8 heteroatoms. The van der Waals surface area contributed by atoms with Crippen LogP contribution in [-0.4, -0.2) is 74.9 Å². The van der Waals surface area contributed by atoms with Crippen molar-refractivity contribution in [3.05, 3.63) is 11.6 Å². The summed E-state index contributed by atoms with van der Waals surface area (Å²) < 4.78 is 12.1. The number of allylic oxidation sites excluding steroid dienone is 2. The van der Waals surface area contributed by atoms with Gasteiger partial charge in [-0.25, -0.2) is 0 Å². The van der Waals surface area contributed by atoms with E-state index in [1.165, 1.54) is 5.57 Å². The molecule has 0 radical (unpaired) electrons. The van der Waals surface area contributed by atoms with Gasteiger partial charge in [-0.2, -0.15) is 0 Å². The van der Waals surface area contributed by atoms with Crippen molar-refractivity contribution < 1.29 is 39.8 Å². The summed E-state index contributed by atoms with van der Waals surface area (Å²) in [6.07, 6.45) is 4.00. The second-order valence-corrected chi connectivity index (χ2v) is 17.5. The van der Waals surface area contributed by atoms with E-state index in [1.54, 1.807) is 0 Å². The number of hydrogen-bond acceptors (Lipinski definition) is 7. The highest BCUT2D eigenvalue weighted by Crippen LogP contribution is 2.76. The molecule has 5 aliphatic carbocycles. The lowest BCUT2D eigenvalue weighted by Gasteiger charge is -2.71. The molecule has 8 nitrogen and oxygen atoms in total. The van der Waals surface area contributed by atoms with Crippen LogP contribution in [0.5, 0.6) is 0 Å². The van der Waals surface area contributed by atoms with Crippen molar-refractivity contribution in [3.63, 3.8) is 0 Å². The zero-order valence-corrected chi connectivity index (χ0v) is 27.3. The van der Waals surface area contributed by atoms with Gasteiger partial charge in [0, 0.05) is 0 Å². The summed E-state index contributed by atoms with van der Waals surface area (Å²) in [6.45, 7) is 16.2. The van der Waals surface area contributed by atoms with Crippen molar-refractivity contribution in [1.82, 2.24) is 0 Å². The van der Waals surface area contributed by atoms with Gasteiger partial charge in [0.1, 0.15) is 23.7 Å². The number of aliphatic hydroxyl groups excluding tert-OH is 4. The largest absolute Gasteiger partial charge is 0.481 e. The Labute approximate surface area is 257 Å². The Hall–Kier alpha value is -1.03. The molecule has 0 aromatic rings. The molecule has 244 valence electrons. The number of carboxylic acids is 1. The topological polar surface area (TPSA) is 137 Å². The molecule has 0 aromatic heterocycles. The molecule has 1 aliphatic heterocycles. The molecule has 1 heterocycles. The molecule has 1 saturated heterocycles. The minimum atomic E-state index is -1.30. The molecule has 6 aliphatic rings. The molecule has 6 rings (SSSR count). The average Bonchev–Trinajstić information content (AvgIpc) is 2.90. The van der Waals surface area contributed by atoms with Gasteiger partial charge >= 0.3 is 5.97 Å². The van der Waals surface area contributed by atoms with Crippen molar-refractivity contribution in [1.29, 1.82) is 0 Å². The number of hydrogen-bond donors (Lipinski definition) is 5. The average molecular weight is 605 g/mol. The fraction of sp³-hybridized carbons (Fsp3) is 0.914. The minimum absolute atomic E-state index is 0.0151.